The van der Waals surface area contributed by atoms with Crippen LogP contribution in [0.4, 0.5) is 4.79 Å². The Morgan fingerprint density at radius 2 is 2.19 bits per heavy atom. The van der Waals surface area contributed by atoms with Gasteiger partial charge < -0.3 is 15.0 Å². The van der Waals surface area contributed by atoms with E-state index in [9.17, 15) is 4.79 Å². The zero-order valence-electron chi connectivity index (χ0n) is 10.1. The molecule has 2 aliphatic rings. The summed E-state index contributed by atoms with van der Waals surface area (Å²) in [6, 6.07) is 0.918. The molecule has 1 amide bonds. The fourth-order valence-corrected chi connectivity index (χ4v) is 2.28. The van der Waals surface area contributed by atoms with Gasteiger partial charge in [0.25, 0.3) is 0 Å². The Morgan fingerprint density at radius 1 is 1.38 bits per heavy atom. The van der Waals surface area contributed by atoms with Crippen LogP contribution in [0.5, 0.6) is 0 Å². The minimum Gasteiger partial charge on any atom is -0.450 e. The third-order valence-electron chi connectivity index (χ3n) is 3.32. The lowest BCUT2D eigenvalue weighted by Gasteiger charge is -2.30. The van der Waals surface area contributed by atoms with E-state index >= 15 is 0 Å². The molecule has 1 unspecified atom stereocenters. The number of hydrogen-bond acceptors (Lipinski definition) is 3. The van der Waals surface area contributed by atoms with Crippen molar-refractivity contribution >= 4 is 6.09 Å². The van der Waals surface area contributed by atoms with Gasteiger partial charge in [0.2, 0.25) is 0 Å². The highest BCUT2D eigenvalue weighted by atomic mass is 16.6. The minimum atomic E-state index is -0.127. The van der Waals surface area contributed by atoms with E-state index in [0.717, 1.165) is 25.9 Å². The lowest BCUT2D eigenvalue weighted by molar-refractivity contribution is 0.0982. The summed E-state index contributed by atoms with van der Waals surface area (Å²) in [5, 5.41) is 3.48. The number of ether oxygens (including phenoxy) is 1. The van der Waals surface area contributed by atoms with Crippen LogP contribution < -0.4 is 5.32 Å². The van der Waals surface area contributed by atoms with Gasteiger partial charge in [-0.05, 0) is 39.2 Å². The molecule has 1 saturated heterocycles. The lowest BCUT2D eigenvalue weighted by Crippen LogP contribution is -2.46. The van der Waals surface area contributed by atoms with Gasteiger partial charge in [-0.2, -0.15) is 0 Å². The number of nitrogens with zero attached hydrogens (tertiary/aromatic N) is 1. The molecule has 1 aliphatic carbocycles. The maximum Gasteiger partial charge on any atom is 0.410 e. The van der Waals surface area contributed by atoms with E-state index in [1.165, 1.54) is 19.3 Å². The van der Waals surface area contributed by atoms with E-state index in [2.05, 4.69) is 5.32 Å². The zero-order chi connectivity index (χ0) is 11.4. The van der Waals surface area contributed by atoms with Gasteiger partial charge in [0.05, 0.1) is 6.61 Å². The minimum absolute atomic E-state index is 0.127. The molecule has 0 aromatic rings. The van der Waals surface area contributed by atoms with Gasteiger partial charge in [-0.1, -0.05) is 6.42 Å². The first-order valence-electron chi connectivity index (χ1n) is 6.48. The number of nitrogens with one attached hydrogen (secondary N) is 1. The Hall–Kier alpha value is -0.770. The van der Waals surface area contributed by atoms with Crippen LogP contribution in [0.3, 0.4) is 0 Å². The Kier molecular flexibility index (Phi) is 4.04. The van der Waals surface area contributed by atoms with Crippen LogP contribution in [0.25, 0.3) is 0 Å². The molecule has 92 valence electrons. The van der Waals surface area contributed by atoms with E-state index in [-0.39, 0.29) is 6.09 Å². The first-order chi connectivity index (χ1) is 7.81. The highest BCUT2D eigenvalue weighted by Crippen LogP contribution is 2.28. The van der Waals surface area contributed by atoms with Crippen LogP contribution in [0, 0.1) is 0 Å². The molecule has 2 rings (SSSR count). The normalized spacial score (nSPS) is 25.2. The first kappa shape index (κ1) is 11.7. The summed E-state index contributed by atoms with van der Waals surface area (Å²) in [4.78, 5) is 13.7. The van der Waals surface area contributed by atoms with Crippen molar-refractivity contribution in [2.24, 2.45) is 0 Å². The number of carbonyl (C=O) groups is 1. The summed E-state index contributed by atoms with van der Waals surface area (Å²) in [7, 11) is 0. The van der Waals surface area contributed by atoms with Gasteiger partial charge in [-0.15, -0.1) is 0 Å². The van der Waals surface area contributed by atoms with Crippen molar-refractivity contribution in [3.05, 3.63) is 0 Å². The van der Waals surface area contributed by atoms with Gasteiger partial charge in [-0.3, -0.25) is 0 Å². The Balaban J connectivity index is 1.83. The molecule has 0 radical (unpaired) electrons. The third-order valence-corrected chi connectivity index (χ3v) is 3.32. The van der Waals surface area contributed by atoms with Gasteiger partial charge in [0, 0.05) is 18.6 Å². The Labute approximate surface area is 97.3 Å². The van der Waals surface area contributed by atoms with Crippen LogP contribution in [-0.4, -0.2) is 42.8 Å². The van der Waals surface area contributed by atoms with Crippen LogP contribution in [0.2, 0.25) is 0 Å². The molecule has 0 aromatic carbocycles. The topological polar surface area (TPSA) is 41.6 Å². The van der Waals surface area contributed by atoms with Gasteiger partial charge in [0.1, 0.15) is 0 Å². The SMILES string of the molecule is CCOC(=O)N(CC1CCCCN1)C1CC1. The number of hydrogen-bond donors (Lipinski definition) is 1. The monoisotopic (exact) mass is 226 g/mol. The highest BCUT2D eigenvalue weighted by Gasteiger charge is 2.35. The fourth-order valence-electron chi connectivity index (χ4n) is 2.28. The number of piperidine rings is 1. The van der Waals surface area contributed by atoms with E-state index < -0.39 is 0 Å². The zero-order valence-corrected chi connectivity index (χ0v) is 10.1. The number of rotatable bonds is 4. The van der Waals surface area contributed by atoms with E-state index in [4.69, 9.17) is 4.74 Å². The van der Waals surface area contributed by atoms with Crippen LogP contribution in [0.1, 0.15) is 39.0 Å². The smallest absolute Gasteiger partial charge is 0.410 e. The Morgan fingerprint density at radius 3 is 2.75 bits per heavy atom. The van der Waals surface area contributed by atoms with Crippen molar-refractivity contribution < 1.29 is 9.53 Å². The molecule has 1 heterocycles. The summed E-state index contributed by atoms with van der Waals surface area (Å²) in [6.07, 6.45) is 5.88. The summed E-state index contributed by atoms with van der Waals surface area (Å²) in [6.45, 7) is 4.25. The molecule has 4 nitrogen and oxygen atoms in total. The maximum absolute atomic E-state index is 11.8. The molecule has 1 atom stereocenters. The van der Waals surface area contributed by atoms with Gasteiger partial charge >= 0.3 is 6.09 Å². The average molecular weight is 226 g/mol. The van der Waals surface area contributed by atoms with Crippen molar-refractivity contribution in [3.63, 3.8) is 0 Å². The van der Waals surface area contributed by atoms with Crippen molar-refractivity contribution in [2.75, 3.05) is 19.7 Å². The van der Waals surface area contributed by atoms with Crippen molar-refractivity contribution in [2.45, 2.75) is 51.1 Å². The second kappa shape index (κ2) is 5.53. The lowest BCUT2D eigenvalue weighted by atomic mass is 10.0. The number of carbonyl (C=O) groups excluding carboxylic acids is 1. The van der Waals surface area contributed by atoms with Crippen LogP contribution >= 0.6 is 0 Å². The predicted octanol–water partition coefficient (Wildman–Crippen LogP) is 1.75. The van der Waals surface area contributed by atoms with Crippen molar-refractivity contribution in [3.8, 4) is 0 Å². The molecule has 2 fully saturated rings. The molecular formula is C12H22N2O2. The summed E-state index contributed by atoms with van der Waals surface area (Å²) < 4.78 is 5.11. The van der Waals surface area contributed by atoms with E-state index in [0.29, 0.717) is 18.7 Å². The molecule has 4 heteroatoms. The van der Waals surface area contributed by atoms with Crippen LogP contribution in [0.15, 0.2) is 0 Å². The predicted molar refractivity (Wildman–Crippen MR) is 62.4 cm³/mol. The van der Waals surface area contributed by atoms with Gasteiger partial charge in [-0.25, -0.2) is 4.79 Å². The molecule has 1 N–H and O–H groups in total. The van der Waals surface area contributed by atoms with E-state index in [1.807, 2.05) is 11.8 Å². The second-order valence-electron chi connectivity index (χ2n) is 4.73. The molecule has 0 aromatic heterocycles. The molecular weight excluding hydrogens is 204 g/mol. The molecule has 1 aliphatic heterocycles. The van der Waals surface area contributed by atoms with Crippen molar-refractivity contribution in [1.29, 1.82) is 0 Å². The molecule has 1 saturated carbocycles. The van der Waals surface area contributed by atoms with Crippen molar-refractivity contribution in [1.82, 2.24) is 10.2 Å². The summed E-state index contributed by atoms with van der Waals surface area (Å²) in [5.41, 5.74) is 0. The summed E-state index contributed by atoms with van der Waals surface area (Å²) in [5.74, 6) is 0. The van der Waals surface area contributed by atoms with Crippen LogP contribution in [-0.2, 0) is 4.74 Å². The average Bonchev–Trinajstić information content (AvgIpc) is 3.11. The molecule has 16 heavy (non-hydrogen) atoms. The highest BCUT2D eigenvalue weighted by molar-refractivity contribution is 5.68. The standard InChI is InChI=1S/C12H22N2O2/c1-2-16-12(15)14(11-6-7-11)9-10-5-3-4-8-13-10/h10-11,13H,2-9H2,1H3. The second-order valence-corrected chi connectivity index (χ2v) is 4.73. The third kappa shape index (κ3) is 3.11. The molecule has 0 bridgehead atoms. The largest absolute Gasteiger partial charge is 0.450 e. The quantitative estimate of drug-likeness (QED) is 0.794. The Bertz CT molecular complexity index is 235. The number of amides is 1. The summed E-state index contributed by atoms with van der Waals surface area (Å²) >= 11 is 0. The van der Waals surface area contributed by atoms with Gasteiger partial charge in [0.15, 0.2) is 0 Å². The molecule has 0 spiro atoms. The fraction of sp³-hybridized carbons (Fsp3) is 0.917. The maximum atomic E-state index is 11.8. The van der Waals surface area contributed by atoms with E-state index in [1.54, 1.807) is 0 Å². The first-order valence-corrected chi connectivity index (χ1v) is 6.48.